The molecule has 1 rings (SSSR count). The smallest absolute Gasteiger partial charge is 0.214 e. The molecule has 0 bridgehead atoms. The summed E-state index contributed by atoms with van der Waals surface area (Å²) in [6.45, 7) is 6.03. The van der Waals surface area contributed by atoms with Crippen LogP contribution in [0.5, 0.6) is 0 Å². The summed E-state index contributed by atoms with van der Waals surface area (Å²) in [7, 11) is -3.15. The Bertz CT molecular complexity index is 248. The Kier molecular flexibility index (Phi) is 2.47. The zero-order valence-electron chi connectivity index (χ0n) is 7.62. The number of rotatable bonds is 3. The van der Waals surface area contributed by atoms with E-state index in [2.05, 4.69) is 4.72 Å². The Hall–Kier alpha value is -0.130. The molecule has 0 aliphatic carbocycles. The molecule has 0 aromatic heterocycles. The van der Waals surface area contributed by atoms with Gasteiger partial charge >= 0.3 is 0 Å². The largest absolute Gasteiger partial charge is 0.372 e. The maximum atomic E-state index is 11.3. The third-order valence-corrected chi connectivity index (χ3v) is 3.00. The third-order valence-electron chi connectivity index (χ3n) is 1.27. The van der Waals surface area contributed by atoms with Crippen LogP contribution in [0.3, 0.4) is 0 Å². The second kappa shape index (κ2) is 2.97. The Labute approximate surface area is 73.3 Å². The molecule has 1 N–H and O–H groups in total. The molecule has 0 radical (unpaired) electrons. The maximum absolute atomic E-state index is 11.3. The van der Waals surface area contributed by atoms with E-state index in [-0.39, 0.29) is 11.9 Å². The first-order valence-corrected chi connectivity index (χ1v) is 5.57. The number of ether oxygens (including phenoxy) is 1. The van der Waals surface area contributed by atoms with Gasteiger partial charge in [-0.15, -0.1) is 0 Å². The van der Waals surface area contributed by atoms with E-state index in [1.54, 1.807) is 0 Å². The molecule has 0 aromatic rings. The minimum atomic E-state index is -3.15. The lowest BCUT2D eigenvalue weighted by Crippen LogP contribution is -2.42. The van der Waals surface area contributed by atoms with E-state index in [0.29, 0.717) is 6.61 Å². The van der Waals surface area contributed by atoms with Crippen LogP contribution in [0, 0.1) is 0 Å². The van der Waals surface area contributed by atoms with Crippen molar-refractivity contribution in [2.45, 2.75) is 32.4 Å². The Morgan fingerprint density at radius 1 is 1.50 bits per heavy atom. The molecule has 1 unspecified atom stereocenters. The summed E-state index contributed by atoms with van der Waals surface area (Å²) in [6, 6.07) is 0. The quantitative estimate of drug-likeness (QED) is 0.647. The van der Waals surface area contributed by atoms with Crippen LogP contribution in [-0.4, -0.2) is 32.4 Å². The van der Waals surface area contributed by atoms with Crippen molar-refractivity contribution in [3.63, 3.8) is 0 Å². The molecule has 12 heavy (non-hydrogen) atoms. The van der Waals surface area contributed by atoms with Gasteiger partial charge in [0.2, 0.25) is 10.0 Å². The van der Waals surface area contributed by atoms with Crippen LogP contribution < -0.4 is 4.72 Å². The van der Waals surface area contributed by atoms with Gasteiger partial charge in [-0.2, -0.15) is 0 Å². The molecule has 0 saturated carbocycles. The summed E-state index contributed by atoms with van der Waals surface area (Å²) in [5.74, 6) is 0.0876. The molecule has 1 heterocycles. The van der Waals surface area contributed by atoms with Crippen molar-refractivity contribution in [3.8, 4) is 0 Å². The maximum Gasteiger partial charge on any atom is 0.214 e. The monoisotopic (exact) mass is 193 g/mol. The molecule has 72 valence electrons. The highest BCUT2D eigenvalue weighted by Gasteiger charge is 2.31. The molecule has 1 fully saturated rings. The number of nitrogens with one attached hydrogen (secondary N) is 1. The highest BCUT2D eigenvalue weighted by molar-refractivity contribution is 7.89. The number of hydrogen-bond donors (Lipinski definition) is 1. The van der Waals surface area contributed by atoms with Crippen molar-refractivity contribution in [2.75, 3.05) is 12.4 Å². The summed E-state index contributed by atoms with van der Waals surface area (Å²) in [5, 5.41) is 0. The van der Waals surface area contributed by atoms with Gasteiger partial charge < -0.3 is 4.74 Å². The van der Waals surface area contributed by atoms with E-state index in [1.165, 1.54) is 0 Å². The lowest BCUT2D eigenvalue weighted by molar-refractivity contribution is 0.419. The number of sulfonamides is 1. The average molecular weight is 193 g/mol. The summed E-state index contributed by atoms with van der Waals surface area (Å²) < 4.78 is 30.0. The second-order valence-corrected chi connectivity index (χ2v) is 5.86. The zero-order valence-corrected chi connectivity index (χ0v) is 8.44. The van der Waals surface area contributed by atoms with Gasteiger partial charge in [-0.3, -0.25) is 0 Å². The van der Waals surface area contributed by atoms with Crippen LogP contribution in [-0.2, 0) is 14.8 Å². The molecule has 1 atom stereocenters. The highest BCUT2D eigenvalue weighted by atomic mass is 32.2. The first kappa shape index (κ1) is 9.95. The Balaban J connectivity index is 2.47. The number of epoxide rings is 1. The van der Waals surface area contributed by atoms with Crippen molar-refractivity contribution in [3.05, 3.63) is 0 Å². The predicted molar refractivity (Wildman–Crippen MR) is 46.4 cm³/mol. The van der Waals surface area contributed by atoms with E-state index >= 15 is 0 Å². The molecule has 1 aliphatic heterocycles. The highest BCUT2D eigenvalue weighted by Crippen LogP contribution is 2.12. The fraction of sp³-hybridized carbons (Fsp3) is 1.00. The standard InChI is InChI=1S/C7H15NO3S/c1-7(2,3)8-12(9,10)5-6-4-11-6/h6,8H,4-5H2,1-3H3. The zero-order chi connectivity index (χ0) is 9.41. The normalized spacial score (nSPS) is 24.1. The van der Waals surface area contributed by atoms with Crippen LogP contribution in [0.2, 0.25) is 0 Å². The van der Waals surface area contributed by atoms with Crippen molar-refractivity contribution >= 4 is 10.0 Å². The average Bonchev–Trinajstić information content (AvgIpc) is 2.39. The Morgan fingerprint density at radius 2 is 2.00 bits per heavy atom. The first-order valence-electron chi connectivity index (χ1n) is 3.92. The van der Waals surface area contributed by atoms with E-state index < -0.39 is 15.6 Å². The Morgan fingerprint density at radius 3 is 2.33 bits per heavy atom. The fourth-order valence-corrected chi connectivity index (χ4v) is 2.62. The van der Waals surface area contributed by atoms with Gasteiger partial charge in [0.1, 0.15) is 0 Å². The van der Waals surface area contributed by atoms with Gasteiger partial charge in [0.15, 0.2) is 0 Å². The minimum absolute atomic E-state index is 0.0788. The molecule has 4 nitrogen and oxygen atoms in total. The molecule has 5 heteroatoms. The van der Waals surface area contributed by atoms with Gasteiger partial charge in [0.05, 0.1) is 18.5 Å². The van der Waals surface area contributed by atoms with Crippen molar-refractivity contribution in [1.82, 2.24) is 4.72 Å². The predicted octanol–water partition coefficient (Wildman–Crippen LogP) is 0.103. The summed E-state index contributed by atoms with van der Waals surface area (Å²) in [4.78, 5) is 0. The minimum Gasteiger partial charge on any atom is -0.372 e. The number of hydrogen-bond acceptors (Lipinski definition) is 3. The molecule has 1 aliphatic rings. The topological polar surface area (TPSA) is 58.7 Å². The van der Waals surface area contributed by atoms with Crippen molar-refractivity contribution < 1.29 is 13.2 Å². The molecule has 0 amide bonds. The molecule has 0 spiro atoms. The van der Waals surface area contributed by atoms with Crippen LogP contribution >= 0.6 is 0 Å². The van der Waals surface area contributed by atoms with Crippen LogP contribution in [0.4, 0.5) is 0 Å². The van der Waals surface area contributed by atoms with E-state index in [1.807, 2.05) is 20.8 Å². The summed E-state index contributed by atoms with van der Waals surface area (Å²) >= 11 is 0. The van der Waals surface area contributed by atoms with Crippen LogP contribution in [0.1, 0.15) is 20.8 Å². The first-order chi connectivity index (χ1) is 5.29. The lowest BCUT2D eigenvalue weighted by Gasteiger charge is -2.19. The van der Waals surface area contributed by atoms with Crippen LogP contribution in [0.25, 0.3) is 0 Å². The second-order valence-electron chi connectivity index (χ2n) is 4.09. The van der Waals surface area contributed by atoms with Gasteiger partial charge in [-0.05, 0) is 20.8 Å². The molecule has 1 saturated heterocycles. The van der Waals surface area contributed by atoms with Gasteiger partial charge in [0.25, 0.3) is 0 Å². The SMILES string of the molecule is CC(C)(C)NS(=O)(=O)CC1CO1. The van der Waals surface area contributed by atoms with Crippen molar-refractivity contribution in [2.24, 2.45) is 0 Å². The van der Waals surface area contributed by atoms with E-state index in [0.717, 1.165) is 0 Å². The molecular formula is C7H15NO3S. The third kappa shape index (κ3) is 4.04. The van der Waals surface area contributed by atoms with E-state index in [4.69, 9.17) is 4.74 Å². The molecule has 0 aromatic carbocycles. The van der Waals surface area contributed by atoms with Crippen LogP contribution in [0.15, 0.2) is 0 Å². The van der Waals surface area contributed by atoms with Gasteiger partial charge in [0, 0.05) is 5.54 Å². The molecular weight excluding hydrogens is 178 g/mol. The lowest BCUT2D eigenvalue weighted by atomic mass is 10.1. The van der Waals surface area contributed by atoms with Gasteiger partial charge in [-0.25, -0.2) is 13.1 Å². The van der Waals surface area contributed by atoms with Crippen molar-refractivity contribution in [1.29, 1.82) is 0 Å². The fourth-order valence-electron chi connectivity index (χ4n) is 0.917. The van der Waals surface area contributed by atoms with Gasteiger partial charge in [-0.1, -0.05) is 0 Å². The summed E-state index contributed by atoms with van der Waals surface area (Å²) in [6.07, 6.45) is -0.0788. The van der Waals surface area contributed by atoms with E-state index in [9.17, 15) is 8.42 Å². The summed E-state index contributed by atoms with van der Waals surface area (Å²) in [5.41, 5.74) is -0.395.